The zero-order valence-corrected chi connectivity index (χ0v) is 29.7. The summed E-state index contributed by atoms with van der Waals surface area (Å²) in [5.41, 5.74) is 0. The summed E-state index contributed by atoms with van der Waals surface area (Å²) in [5, 5.41) is 33.1. The molecule has 5 heteroatoms. The lowest BCUT2D eigenvalue weighted by molar-refractivity contribution is -0.124. The molecule has 0 bridgehead atoms. The van der Waals surface area contributed by atoms with Crippen LogP contribution in [0.2, 0.25) is 0 Å². The molecule has 0 radical (unpaired) electrons. The summed E-state index contributed by atoms with van der Waals surface area (Å²) >= 11 is 0. The topological polar surface area (TPSA) is 89.8 Å². The molecule has 4 N–H and O–H groups in total. The van der Waals surface area contributed by atoms with Gasteiger partial charge < -0.3 is 20.6 Å². The van der Waals surface area contributed by atoms with Gasteiger partial charge in [0.2, 0.25) is 5.91 Å². The monoisotopic (exact) mass is 634 g/mol. The Morgan fingerprint density at radius 1 is 0.578 bits per heavy atom. The Kier molecular flexibility index (Phi) is 34.3. The summed E-state index contributed by atoms with van der Waals surface area (Å²) in [7, 11) is 0. The second-order valence-electron chi connectivity index (χ2n) is 13.2. The third kappa shape index (κ3) is 32.3. The molecule has 0 aromatic carbocycles. The molecule has 3 unspecified atom stereocenters. The van der Waals surface area contributed by atoms with Gasteiger partial charge >= 0.3 is 0 Å². The molecule has 0 aromatic heterocycles. The van der Waals surface area contributed by atoms with Crippen molar-refractivity contribution in [3.8, 4) is 0 Å². The molecule has 0 aromatic rings. The van der Waals surface area contributed by atoms with Crippen LogP contribution >= 0.6 is 0 Å². The summed E-state index contributed by atoms with van der Waals surface area (Å²) in [4.78, 5) is 12.4. The molecule has 0 rings (SSSR count). The van der Waals surface area contributed by atoms with Crippen molar-refractivity contribution < 1.29 is 20.1 Å². The quantitative estimate of drug-likeness (QED) is 0.0322. The fraction of sp³-hybridized carbons (Fsp3) is 0.825. The average molecular weight is 634 g/mol. The van der Waals surface area contributed by atoms with Gasteiger partial charge in [-0.3, -0.25) is 4.79 Å². The fourth-order valence-corrected chi connectivity index (χ4v) is 5.68. The minimum Gasteiger partial charge on any atom is -0.394 e. The largest absolute Gasteiger partial charge is 0.394 e. The van der Waals surface area contributed by atoms with Crippen molar-refractivity contribution >= 4 is 5.91 Å². The molecule has 3 atom stereocenters. The van der Waals surface area contributed by atoms with Crippen molar-refractivity contribution in [1.29, 1.82) is 0 Å². The van der Waals surface area contributed by atoms with Crippen LogP contribution in [0.5, 0.6) is 0 Å². The summed E-state index contributed by atoms with van der Waals surface area (Å²) in [5.74, 6) is -0.322. The van der Waals surface area contributed by atoms with E-state index in [0.717, 1.165) is 25.7 Å². The van der Waals surface area contributed by atoms with Crippen LogP contribution in [-0.2, 0) is 4.79 Å². The maximum atomic E-state index is 12.4. The second-order valence-corrected chi connectivity index (χ2v) is 13.2. The molecular weight excluding hydrogens is 558 g/mol. The maximum absolute atomic E-state index is 12.4. The molecule has 5 nitrogen and oxygen atoms in total. The van der Waals surface area contributed by atoms with Gasteiger partial charge in [-0.2, -0.15) is 0 Å². The molecule has 1 amide bonds. The molecule has 264 valence electrons. The molecule has 0 saturated heterocycles. The van der Waals surface area contributed by atoms with Gasteiger partial charge in [0.05, 0.1) is 31.3 Å². The first-order valence-electron chi connectivity index (χ1n) is 19.3. The third-order valence-corrected chi connectivity index (χ3v) is 8.70. The number of hydrogen-bond donors (Lipinski definition) is 4. The van der Waals surface area contributed by atoms with Crippen LogP contribution in [0, 0.1) is 0 Å². The van der Waals surface area contributed by atoms with Crippen LogP contribution in [-0.4, -0.2) is 46.1 Å². The van der Waals surface area contributed by atoms with Crippen molar-refractivity contribution in [3.63, 3.8) is 0 Å². The summed E-state index contributed by atoms with van der Waals surface area (Å²) in [6.07, 6.45) is 42.6. The molecule has 0 heterocycles. The Morgan fingerprint density at radius 3 is 1.47 bits per heavy atom. The van der Waals surface area contributed by atoms with Crippen LogP contribution in [0.15, 0.2) is 36.5 Å². The van der Waals surface area contributed by atoms with E-state index in [1.807, 2.05) is 6.08 Å². The molecule has 45 heavy (non-hydrogen) atoms. The standard InChI is InChI=1S/C40H75NO4/c1-3-5-7-9-11-13-15-17-18-19-20-22-23-25-27-29-31-33-37(43)35-40(45)41-38(36-42)39(44)34-32-30-28-26-24-21-16-14-12-10-8-6-4-2/h11,13,15,17,32,34,37-39,42-44H,3-10,12,14,16,18-31,33,35-36H2,1-2H3,(H,41,45)/b13-11-,17-15-,34-32+. The third-order valence-electron chi connectivity index (χ3n) is 8.70. The Morgan fingerprint density at radius 2 is 0.978 bits per heavy atom. The first-order valence-corrected chi connectivity index (χ1v) is 19.3. The van der Waals surface area contributed by atoms with Crippen LogP contribution in [0.25, 0.3) is 0 Å². The number of aliphatic hydroxyl groups is 3. The van der Waals surface area contributed by atoms with E-state index in [1.165, 1.54) is 135 Å². The molecule has 0 aliphatic heterocycles. The fourth-order valence-electron chi connectivity index (χ4n) is 5.68. The van der Waals surface area contributed by atoms with Gasteiger partial charge in [0.25, 0.3) is 0 Å². The first-order chi connectivity index (χ1) is 22.0. The van der Waals surface area contributed by atoms with E-state index in [0.29, 0.717) is 6.42 Å². The number of hydrogen-bond acceptors (Lipinski definition) is 4. The number of unbranched alkanes of at least 4 members (excludes halogenated alkanes) is 22. The minimum atomic E-state index is -0.928. The molecule has 0 fully saturated rings. The van der Waals surface area contributed by atoms with Crippen molar-refractivity contribution in [2.45, 2.75) is 205 Å². The SMILES string of the molecule is CCCCC/C=C\C=C/CCCCCCCCCCC(O)CC(=O)NC(CO)C(O)/C=C/CCCCCCCCCCCCC. The predicted molar refractivity (Wildman–Crippen MR) is 194 cm³/mol. The van der Waals surface area contributed by atoms with E-state index >= 15 is 0 Å². The lowest BCUT2D eigenvalue weighted by Gasteiger charge is -2.21. The smallest absolute Gasteiger partial charge is 0.222 e. The Balaban J connectivity index is 3.73. The van der Waals surface area contributed by atoms with Crippen LogP contribution < -0.4 is 5.32 Å². The molecule has 0 aliphatic carbocycles. The van der Waals surface area contributed by atoms with Crippen molar-refractivity contribution in [2.75, 3.05) is 6.61 Å². The number of allylic oxidation sites excluding steroid dienone is 5. The lowest BCUT2D eigenvalue weighted by atomic mass is 10.0. The average Bonchev–Trinajstić information content (AvgIpc) is 3.03. The van der Waals surface area contributed by atoms with Gasteiger partial charge in [-0.05, 0) is 44.9 Å². The van der Waals surface area contributed by atoms with E-state index in [9.17, 15) is 20.1 Å². The van der Waals surface area contributed by atoms with Crippen molar-refractivity contribution in [2.24, 2.45) is 0 Å². The van der Waals surface area contributed by atoms with Gasteiger partial charge in [-0.1, -0.05) is 172 Å². The molecular formula is C40H75NO4. The van der Waals surface area contributed by atoms with E-state index in [4.69, 9.17) is 0 Å². The Labute approximate surface area is 279 Å². The van der Waals surface area contributed by atoms with Crippen LogP contribution in [0.4, 0.5) is 0 Å². The van der Waals surface area contributed by atoms with Crippen LogP contribution in [0.3, 0.4) is 0 Å². The maximum Gasteiger partial charge on any atom is 0.222 e. The van der Waals surface area contributed by atoms with E-state index in [2.05, 4.69) is 43.5 Å². The highest BCUT2D eigenvalue weighted by Gasteiger charge is 2.20. The van der Waals surface area contributed by atoms with Gasteiger partial charge in [0.15, 0.2) is 0 Å². The number of rotatable bonds is 34. The predicted octanol–water partition coefficient (Wildman–Crippen LogP) is 10.4. The first kappa shape index (κ1) is 43.6. The molecule has 0 aliphatic rings. The van der Waals surface area contributed by atoms with E-state index in [-0.39, 0.29) is 18.9 Å². The van der Waals surface area contributed by atoms with E-state index in [1.54, 1.807) is 6.08 Å². The molecule has 0 saturated carbocycles. The highest BCUT2D eigenvalue weighted by molar-refractivity contribution is 5.76. The zero-order chi connectivity index (χ0) is 33.1. The highest BCUT2D eigenvalue weighted by Crippen LogP contribution is 2.14. The van der Waals surface area contributed by atoms with Crippen LogP contribution in [0.1, 0.15) is 187 Å². The van der Waals surface area contributed by atoms with Gasteiger partial charge in [0.1, 0.15) is 0 Å². The number of amides is 1. The number of carbonyl (C=O) groups is 1. The van der Waals surface area contributed by atoms with Crippen molar-refractivity contribution in [1.82, 2.24) is 5.32 Å². The van der Waals surface area contributed by atoms with Gasteiger partial charge in [-0.25, -0.2) is 0 Å². The minimum absolute atomic E-state index is 0.00870. The summed E-state index contributed by atoms with van der Waals surface area (Å²) in [6, 6.07) is -0.744. The van der Waals surface area contributed by atoms with E-state index < -0.39 is 18.2 Å². The second kappa shape index (κ2) is 35.4. The Bertz CT molecular complexity index is 704. The lowest BCUT2D eigenvalue weighted by Crippen LogP contribution is -2.45. The van der Waals surface area contributed by atoms with Gasteiger partial charge in [0, 0.05) is 0 Å². The zero-order valence-electron chi connectivity index (χ0n) is 29.7. The summed E-state index contributed by atoms with van der Waals surface area (Å²) < 4.78 is 0. The van der Waals surface area contributed by atoms with Crippen molar-refractivity contribution in [3.05, 3.63) is 36.5 Å². The Hall–Kier alpha value is -1.43. The normalized spacial score (nSPS) is 14.2. The number of nitrogens with one attached hydrogen (secondary N) is 1. The number of aliphatic hydroxyl groups excluding tert-OH is 3. The highest BCUT2D eigenvalue weighted by atomic mass is 16.3. The molecule has 0 spiro atoms. The summed E-state index contributed by atoms with van der Waals surface area (Å²) in [6.45, 7) is 4.16. The van der Waals surface area contributed by atoms with Gasteiger partial charge in [-0.15, -0.1) is 0 Å². The number of carbonyl (C=O) groups excluding carboxylic acids is 1.